The SMILES string of the molecule is N[C@H]1CCCN(Cc2cc(-n3cnnn3)ccc2OC2CCCC2)[C@H]1c1ccccc1. The minimum atomic E-state index is 0.123. The molecule has 1 saturated carbocycles. The van der Waals surface area contributed by atoms with Gasteiger partial charge in [0.15, 0.2) is 0 Å². The molecule has 0 spiro atoms. The lowest BCUT2D eigenvalue weighted by Gasteiger charge is -2.40. The zero-order valence-electron chi connectivity index (χ0n) is 17.8. The van der Waals surface area contributed by atoms with E-state index in [0.717, 1.165) is 55.8 Å². The molecular formula is C24H30N6O. The molecule has 1 aromatic heterocycles. The number of hydrogen-bond acceptors (Lipinski definition) is 6. The number of tetrazole rings is 1. The molecule has 0 amide bonds. The predicted octanol–water partition coefficient (Wildman–Crippen LogP) is 3.65. The Morgan fingerprint density at radius 1 is 1.00 bits per heavy atom. The molecule has 5 rings (SSSR count). The van der Waals surface area contributed by atoms with Crippen molar-refractivity contribution in [1.29, 1.82) is 0 Å². The van der Waals surface area contributed by atoms with Crippen LogP contribution in [-0.4, -0.2) is 43.8 Å². The maximum absolute atomic E-state index is 6.63. The topological polar surface area (TPSA) is 82.1 Å². The maximum Gasteiger partial charge on any atom is 0.143 e. The molecule has 2 fully saturated rings. The highest BCUT2D eigenvalue weighted by molar-refractivity contribution is 5.44. The van der Waals surface area contributed by atoms with E-state index in [1.165, 1.54) is 18.4 Å². The molecule has 2 aliphatic rings. The first-order chi connectivity index (χ1) is 15.3. The molecule has 2 N–H and O–H groups in total. The van der Waals surface area contributed by atoms with Crippen molar-refractivity contribution in [3.8, 4) is 11.4 Å². The van der Waals surface area contributed by atoms with Gasteiger partial charge in [-0.15, -0.1) is 5.10 Å². The lowest BCUT2D eigenvalue weighted by molar-refractivity contribution is 0.117. The fourth-order valence-electron chi connectivity index (χ4n) is 5.01. The van der Waals surface area contributed by atoms with E-state index in [1.54, 1.807) is 11.0 Å². The van der Waals surface area contributed by atoms with Crippen molar-refractivity contribution >= 4 is 0 Å². The third-order valence-corrected chi connectivity index (χ3v) is 6.55. The molecule has 2 atom stereocenters. The number of nitrogens with two attached hydrogens (primary N) is 1. The highest BCUT2D eigenvalue weighted by Gasteiger charge is 2.31. The van der Waals surface area contributed by atoms with E-state index in [9.17, 15) is 0 Å². The lowest BCUT2D eigenvalue weighted by atomic mass is 9.90. The van der Waals surface area contributed by atoms with Crippen LogP contribution in [0.25, 0.3) is 5.69 Å². The zero-order valence-corrected chi connectivity index (χ0v) is 17.8. The van der Waals surface area contributed by atoms with Crippen LogP contribution in [0.1, 0.15) is 55.7 Å². The highest BCUT2D eigenvalue weighted by atomic mass is 16.5. The van der Waals surface area contributed by atoms with Crippen LogP contribution >= 0.6 is 0 Å². The van der Waals surface area contributed by atoms with E-state index in [-0.39, 0.29) is 12.1 Å². The third kappa shape index (κ3) is 4.48. The van der Waals surface area contributed by atoms with E-state index < -0.39 is 0 Å². The summed E-state index contributed by atoms with van der Waals surface area (Å²) in [6, 6.07) is 17.2. The normalized spacial score (nSPS) is 22.6. The number of hydrogen-bond donors (Lipinski definition) is 1. The number of nitrogens with zero attached hydrogens (tertiary/aromatic N) is 5. The summed E-state index contributed by atoms with van der Waals surface area (Å²) in [4.78, 5) is 2.50. The van der Waals surface area contributed by atoms with Gasteiger partial charge in [-0.3, -0.25) is 4.90 Å². The van der Waals surface area contributed by atoms with Gasteiger partial charge in [-0.2, -0.15) is 0 Å². The summed E-state index contributed by atoms with van der Waals surface area (Å²) >= 11 is 0. The Kier molecular flexibility index (Phi) is 5.95. The molecule has 0 bridgehead atoms. The summed E-state index contributed by atoms with van der Waals surface area (Å²) in [7, 11) is 0. The first-order valence-electron chi connectivity index (χ1n) is 11.4. The molecule has 1 aliphatic carbocycles. The Labute approximate surface area is 183 Å². The van der Waals surface area contributed by atoms with Crippen molar-refractivity contribution < 1.29 is 4.74 Å². The molecule has 1 saturated heterocycles. The van der Waals surface area contributed by atoms with Gasteiger partial charge in [0.2, 0.25) is 0 Å². The minimum absolute atomic E-state index is 0.123. The minimum Gasteiger partial charge on any atom is -0.490 e. The summed E-state index contributed by atoms with van der Waals surface area (Å²) in [5.41, 5.74) is 10.0. The monoisotopic (exact) mass is 418 g/mol. The van der Waals surface area contributed by atoms with Crippen LogP contribution in [-0.2, 0) is 6.54 Å². The molecule has 1 aliphatic heterocycles. The second-order valence-corrected chi connectivity index (χ2v) is 8.70. The van der Waals surface area contributed by atoms with Gasteiger partial charge in [0.25, 0.3) is 0 Å². The van der Waals surface area contributed by atoms with Gasteiger partial charge in [-0.1, -0.05) is 30.3 Å². The van der Waals surface area contributed by atoms with Crippen LogP contribution in [0.5, 0.6) is 5.75 Å². The largest absolute Gasteiger partial charge is 0.490 e. The molecule has 162 valence electrons. The molecule has 3 aromatic rings. The van der Waals surface area contributed by atoms with Crippen LogP contribution in [0.2, 0.25) is 0 Å². The average molecular weight is 419 g/mol. The van der Waals surface area contributed by atoms with Crippen LogP contribution in [0.15, 0.2) is 54.9 Å². The van der Waals surface area contributed by atoms with E-state index in [0.29, 0.717) is 6.10 Å². The standard InChI is InChI=1S/C24H30N6O/c25-22-11-6-14-29(24(22)18-7-2-1-3-8-18)16-19-15-20(30-17-26-27-28-30)12-13-23(19)31-21-9-4-5-10-21/h1-3,7-8,12-13,15,17,21-22,24H,4-6,9-11,14,16,25H2/t22-,24-/m0/s1. The van der Waals surface area contributed by atoms with Crippen LogP contribution in [0, 0.1) is 0 Å². The summed E-state index contributed by atoms with van der Waals surface area (Å²) in [5.74, 6) is 0.967. The second-order valence-electron chi connectivity index (χ2n) is 8.70. The second kappa shape index (κ2) is 9.16. The maximum atomic E-state index is 6.63. The Morgan fingerprint density at radius 3 is 2.61 bits per heavy atom. The summed E-state index contributed by atoms with van der Waals surface area (Å²) in [5, 5.41) is 11.6. The van der Waals surface area contributed by atoms with Gasteiger partial charge in [0.05, 0.1) is 17.8 Å². The number of likely N-dealkylation sites (tertiary alicyclic amines) is 1. The van der Waals surface area contributed by atoms with Crippen molar-refractivity contribution in [2.24, 2.45) is 5.73 Å². The summed E-state index contributed by atoms with van der Waals surface area (Å²) in [6.45, 7) is 1.80. The first kappa shape index (κ1) is 20.2. The Morgan fingerprint density at radius 2 is 1.84 bits per heavy atom. The number of piperidine rings is 1. The van der Waals surface area contributed by atoms with Crippen molar-refractivity contribution in [2.45, 2.75) is 63.3 Å². The smallest absolute Gasteiger partial charge is 0.143 e. The molecule has 0 unspecified atom stereocenters. The van der Waals surface area contributed by atoms with Crippen molar-refractivity contribution in [3.63, 3.8) is 0 Å². The van der Waals surface area contributed by atoms with Gasteiger partial charge >= 0.3 is 0 Å². The van der Waals surface area contributed by atoms with Gasteiger partial charge in [-0.05, 0) is 79.3 Å². The summed E-state index contributed by atoms with van der Waals surface area (Å²) < 4.78 is 8.16. The first-order valence-corrected chi connectivity index (χ1v) is 11.4. The fraction of sp³-hybridized carbons (Fsp3) is 0.458. The van der Waals surface area contributed by atoms with Gasteiger partial charge in [0, 0.05) is 18.2 Å². The predicted molar refractivity (Wildman–Crippen MR) is 119 cm³/mol. The molecule has 2 heterocycles. The molecule has 7 nitrogen and oxygen atoms in total. The number of rotatable bonds is 6. The quantitative estimate of drug-likeness (QED) is 0.658. The van der Waals surface area contributed by atoms with Gasteiger partial charge in [-0.25, -0.2) is 4.68 Å². The summed E-state index contributed by atoms with van der Waals surface area (Å²) in [6.07, 6.45) is 8.86. The third-order valence-electron chi connectivity index (χ3n) is 6.55. The molecule has 31 heavy (non-hydrogen) atoms. The number of aromatic nitrogens is 4. The van der Waals surface area contributed by atoms with E-state index >= 15 is 0 Å². The Balaban J connectivity index is 1.47. The highest BCUT2D eigenvalue weighted by Crippen LogP contribution is 2.35. The fourth-order valence-corrected chi connectivity index (χ4v) is 5.01. The number of ether oxygens (including phenoxy) is 1. The zero-order chi connectivity index (χ0) is 21.0. The van der Waals surface area contributed by atoms with Crippen molar-refractivity contribution in [3.05, 3.63) is 66.0 Å². The number of benzene rings is 2. The molecule has 2 aromatic carbocycles. The molecule has 0 radical (unpaired) electrons. The average Bonchev–Trinajstić information content (AvgIpc) is 3.50. The van der Waals surface area contributed by atoms with Crippen molar-refractivity contribution in [2.75, 3.05) is 6.54 Å². The van der Waals surface area contributed by atoms with Crippen LogP contribution in [0.4, 0.5) is 0 Å². The van der Waals surface area contributed by atoms with E-state index in [1.807, 2.05) is 6.07 Å². The van der Waals surface area contributed by atoms with Gasteiger partial charge in [0.1, 0.15) is 12.1 Å². The van der Waals surface area contributed by atoms with Crippen LogP contribution < -0.4 is 10.5 Å². The van der Waals surface area contributed by atoms with Crippen molar-refractivity contribution in [1.82, 2.24) is 25.1 Å². The Bertz CT molecular complexity index is 971. The van der Waals surface area contributed by atoms with Crippen LogP contribution in [0.3, 0.4) is 0 Å². The lowest BCUT2D eigenvalue weighted by Crippen LogP contribution is -2.45. The van der Waals surface area contributed by atoms with Gasteiger partial charge < -0.3 is 10.5 Å². The Hall–Kier alpha value is -2.77. The molecule has 7 heteroatoms. The molecular weight excluding hydrogens is 388 g/mol. The van der Waals surface area contributed by atoms with E-state index in [4.69, 9.17) is 10.5 Å². The van der Waals surface area contributed by atoms with E-state index in [2.05, 4.69) is 62.9 Å².